The Bertz CT molecular complexity index is 1710. The maximum atomic E-state index is 11.6. The normalized spacial score (nSPS) is 26.0. The largest absolute Gasteiger partial charge is 0.392 e. The van der Waals surface area contributed by atoms with Crippen molar-refractivity contribution in [1.82, 2.24) is 4.98 Å². The SMILES string of the molecule is COC/C=C\C1C(O)C2c3cc4ccccc4c4c3-c3c5c(cc(C(C)(C)C)cc5nc[n+]3C12)C41CCCC1. The van der Waals surface area contributed by atoms with Gasteiger partial charge in [-0.1, -0.05) is 76.1 Å². The van der Waals surface area contributed by atoms with E-state index in [1.54, 1.807) is 7.11 Å². The van der Waals surface area contributed by atoms with Crippen LogP contribution in [0.1, 0.15) is 80.7 Å². The van der Waals surface area contributed by atoms with Crippen molar-refractivity contribution in [1.29, 1.82) is 0 Å². The third-order valence-corrected chi connectivity index (χ3v) is 10.4. The number of hydrogen-bond acceptors (Lipinski definition) is 3. The molecule has 2 heterocycles. The number of ether oxygens (including phenoxy) is 1. The molecule has 1 N–H and O–H groups in total. The van der Waals surface area contributed by atoms with Gasteiger partial charge in [0, 0.05) is 24.0 Å². The maximum absolute atomic E-state index is 11.6. The van der Waals surface area contributed by atoms with Gasteiger partial charge in [-0.15, -0.1) is 0 Å². The summed E-state index contributed by atoms with van der Waals surface area (Å²) >= 11 is 0. The summed E-state index contributed by atoms with van der Waals surface area (Å²) in [6, 6.07) is 16.4. The van der Waals surface area contributed by atoms with E-state index in [-0.39, 0.29) is 28.7 Å². The van der Waals surface area contributed by atoms with Crippen LogP contribution in [0, 0.1) is 5.92 Å². The highest BCUT2D eigenvalue weighted by Gasteiger charge is 2.60. The molecule has 4 unspecified atom stereocenters. The van der Waals surface area contributed by atoms with E-state index in [4.69, 9.17) is 9.72 Å². The standard InChI is InChI=1S/C35H37N2O2/c1-34(2,3)21-17-25-29-26(18-21)36-19-37-31-23(12-9-15-39-4)33(38)28(31)24-16-20-10-5-6-11-22(20)30(27(24)32(29)37)35(25)13-7-8-14-35/h5-6,9-12,16-19,23,28,31,33,38H,7-8,13-15H2,1-4H3/q+1/b12-9-. The van der Waals surface area contributed by atoms with Gasteiger partial charge >= 0.3 is 0 Å². The third kappa shape index (κ3) is 2.97. The summed E-state index contributed by atoms with van der Waals surface area (Å²) in [5, 5.41) is 15.6. The molecule has 3 aromatic carbocycles. The molecule has 4 aliphatic rings. The predicted octanol–water partition coefficient (Wildman–Crippen LogP) is 6.65. The number of rotatable bonds is 3. The number of aliphatic hydroxyl groups is 1. The highest BCUT2D eigenvalue weighted by molar-refractivity contribution is 6.05. The number of aromatic nitrogens is 2. The van der Waals surface area contributed by atoms with Crippen LogP contribution in [0.15, 0.2) is 60.9 Å². The summed E-state index contributed by atoms with van der Waals surface area (Å²) in [5.74, 6) is 0.0968. The first-order chi connectivity index (χ1) is 18.8. The van der Waals surface area contributed by atoms with Crippen molar-refractivity contribution in [3.05, 3.63) is 83.2 Å². The molecule has 4 aromatic rings. The van der Waals surface area contributed by atoms with Crippen molar-refractivity contribution in [2.75, 3.05) is 13.7 Å². The van der Waals surface area contributed by atoms with Crippen LogP contribution >= 0.6 is 0 Å². The number of aliphatic hydroxyl groups excluding tert-OH is 1. The molecule has 0 radical (unpaired) electrons. The molecule has 0 saturated heterocycles. The minimum Gasteiger partial charge on any atom is -0.392 e. The van der Waals surface area contributed by atoms with Crippen LogP contribution in [-0.4, -0.2) is 29.9 Å². The summed E-state index contributed by atoms with van der Waals surface area (Å²) in [6.45, 7) is 7.51. The Morgan fingerprint density at radius 1 is 1.13 bits per heavy atom. The first kappa shape index (κ1) is 23.8. The van der Waals surface area contributed by atoms with Gasteiger partial charge in [-0.05, 0) is 68.4 Å². The van der Waals surface area contributed by atoms with Gasteiger partial charge in [-0.2, -0.15) is 0 Å². The molecule has 1 aliphatic heterocycles. The van der Waals surface area contributed by atoms with E-state index in [0.717, 1.165) is 5.52 Å². The van der Waals surface area contributed by atoms with Crippen LogP contribution in [0.2, 0.25) is 0 Å². The minimum atomic E-state index is -0.422. The summed E-state index contributed by atoms with van der Waals surface area (Å²) < 4.78 is 7.73. The second-order valence-corrected chi connectivity index (χ2v) is 13.4. The van der Waals surface area contributed by atoms with E-state index in [9.17, 15) is 5.11 Å². The summed E-state index contributed by atoms with van der Waals surface area (Å²) in [6.07, 6.45) is 10.7. The van der Waals surface area contributed by atoms with Crippen LogP contribution in [0.3, 0.4) is 0 Å². The van der Waals surface area contributed by atoms with Crippen LogP contribution in [-0.2, 0) is 15.6 Å². The van der Waals surface area contributed by atoms with Gasteiger partial charge in [0.25, 0.3) is 6.33 Å². The summed E-state index contributed by atoms with van der Waals surface area (Å²) in [5.41, 5.74) is 9.55. The van der Waals surface area contributed by atoms with Crippen molar-refractivity contribution < 1.29 is 14.4 Å². The summed E-state index contributed by atoms with van der Waals surface area (Å²) in [7, 11) is 1.71. The Hall–Kier alpha value is -3.08. The van der Waals surface area contributed by atoms with E-state index in [1.165, 1.54) is 75.4 Å². The smallest absolute Gasteiger partial charge is 0.287 e. The molecule has 39 heavy (non-hydrogen) atoms. The fourth-order valence-corrected chi connectivity index (χ4v) is 8.60. The van der Waals surface area contributed by atoms with Gasteiger partial charge in [0.2, 0.25) is 0 Å². The Balaban J connectivity index is 1.53. The second kappa shape index (κ2) is 7.99. The third-order valence-electron chi connectivity index (χ3n) is 10.4. The minimum absolute atomic E-state index is 0.0162. The molecule has 0 bridgehead atoms. The Kier molecular flexibility index (Phi) is 4.87. The first-order valence-corrected chi connectivity index (χ1v) is 14.6. The summed E-state index contributed by atoms with van der Waals surface area (Å²) in [4.78, 5) is 5.16. The molecular formula is C35H37N2O2+. The van der Waals surface area contributed by atoms with Gasteiger partial charge in [0.1, 0.15) is 11.7 Å². The fraction of sp³-hybridized carbons (Fsp3) is 0.429. The lowest BCUT2D eigenvalue weighted by Crippen LogP contribution is -2.64. The van der Waals surface area contributed by atoms with Crippen molar-refractivity contribution >= 4 is 21.7 Å². The lowest BCUT2D eigenvalue weighted by molar-refractivity contribution is -0.740. The number of hydrogen-bond donors (Lipinski definition) is 1. The van der Waals surface area contributed by atoms with Gasteiger partial charge in [-0.3, -0.25) is 0 Å². The van der Waals surface area contributed by atoms with E-state index in [2.05, 4.69) is 86.3 Å². The molecule has 4 heteroatoms. The molecule has 3 aliphatic carbocycles. The van der Waals surface area contributed by atoms with Crippen LogP contribution in [0.5, 0.6) is 0 Å². The molecule has 198 valence electrons. The van der Waals surface area contributed by atoms with Crippen molar-refractivity contribution in [3.63, 3.8) is 0 Å². The van der Waals surface area contributed by atoms with E-state index in [0.29, 0.717) is 6.61 Å². The average Bonchev–Trinajstić information content (AvgIpc) is 3.41. The number of fused-ring (bicyclic) bond motifs is 7. The van der Waals surface area contributed by atoms with Crippen LogP contribution < -0.4 is 4.57 Å². The van der Waals surface area contributed by atoms with E-state index >= 15 is 0 Å². The van der Waals surface area contributed by atoms with Crippen molar-refractivity contribution in [3.8, 4) is 11.3 Å². The zero-order valence-corrected chi connectivity index (χ0v) is 23.4. The second-order valence-electron chi connectivity index (χ2n) is 13.4. The van der Waals surface area contributed by atoms with Gasteiger partial charge in [0.15, 0.2) is 5.52 Å². The number of benzene rings is 3. The zero-order chi connectivity index (χ0) is 26.7. The molecular weight excluding hydrogens is 480 g/mol. The zero-order valence-electron chi connectivity index (χ0n) is 23.4. The lowest BCUT2D eigenvalue weighted by atomic mass is 9.56. The highest BCUT2D eigenvalue weighted by Crippen LogP contribution is 2.63. The van der Waals surface area contributed by atoms with E-state index < -0.39 is 6.10 Å². The number of nitrogens with zero attached hydrogens (tertiary/aromatic N) is 2. The molecule has 8 rings (SSSR count). The first-order valence-electron chi connectivity index (χ1n) is 14.6. The molecule has 1 spiro atoms. The quantitative estimate of drug-likeness (QED) is 0.245. The molecule has 2 fully saturated rings. The van der Waals surface area contributed by atoms with Crippen LogP contribution in [0.25, 0.3) is 32.9 Å². The maximum Gasteiger partial charge on any atom is 0.287 e. The average molecular weight is 518 g/mol. The van der Waals surface area contributed by atoms with Gasteiger partial charge < -0.3 is 9.84 Å². The van der Waals surface area contributed by atoms with Crippen LogP contribution in [0.4, 0.5) is 0 Å². The van der Waals surface area contributed by atoms with Gasteiger partial charge in [0.05, 0.1) is 24.0 Å². The van der Waals surface area contributed by atoms with E-state index in [1.807, 2.05) is 0 Å². The molecule has 2 saturated carbocycles. The predicted molar refractivity (Wildman–Crippen MR) is 155 cm³/mol. The Morgan fingerprint density at radius 2 is 1.92 bits per heavy atom. The monoisotopic (exact) mass is 517 g/mol. The highest BCUT2D eigenvalue weighted by atomic mass is 16.5. The van der Waals surface area contributed by atoms with Crippen molar-refractivity contribution in [2.24, 2.45) is 5.92 Å². The molecule has 0 amide bonds. The van der Waals surface area contributed by atoms with Crippen molar-refractivity contribution in [2.45, 2.75) is 75.3 Å². The number of methoxy groups -OCH3 is 1. The molecule has 4 nitrogen and oxygen atoms in total. The topological polar surface area (TPSA) is 46.2 Å². The fourth-order valence-electron chi connectivity index (χ4n) is 8.60. The van der Waals surface area contributed by atoms with Gasteiger partial charge in [-0.25, -0.2) is 4.57 Å². The molecule has 1 aromatic heterocycles. The Morgan fingerprint density at radius 3 is 2.69 bits per heavy atom. The lowest BCUT2D eigenvalue weighted by Gasteiger charge is -2.52. The Labute approximate surface area is 230 Å². The molecule has 4 atom stereocenters.